The number of phenols is 1. The van der Waals surface area contributed by atoms with Crippen molar-refractivity contribution >= 4 is 23.2 Å². The number of anilines is 1. The zero-order valence-corrected chi connectivity index (χ0v) is 17.1. The number of aromatic nitrogens is 1. The van der Waals surface area contributed by atoms with E-state index in [-0.39, 0.29) is 17.2 Å². The second-order valence-corrected chi connectivity index (χ2v) is 7.68. The molecule has 0 unspecified atom stereocenters. The van der Waals surface area contributed by atoms with Crippen molar-refractivity contribution in [1.29, 1.82) is 0 Å². The van der Waals surface area contributed by atoms with Crippen LogP contribution in [0.5, 0.6) is 5.75 Å². The van der Waals surface area contributed by atoms with Gasteiger partial charge >= 0.3 is 0 Å². The Kier molecular flexibility index (Phi) is 5.77. The summed E-state index contributed by atoms with van der Waals surface area (Å²) in [6, 6.07) is 17.5. The van der Waals surface area contributed by atoms with Crippen LogP contribution in [0.3, 0.4) is 0 Å². The third-order valence-corrected chi connectivity index (χ3v) is 5.66. The molecule has 7 heteroatoms. The van der Waals surface area contributed by atoms with Crippen LogP contribution in [0.2, 0.25) is 5.02 Å². The number of carbonyl (C=O) groups excluding carboxylic acids is 1. The SMILES string of the molecule is O=C(c1ccc(=O)n(Cc2ccccc2Cl)c1)N1CCN(c2cccc(O)c2)CC1. The van der Waals surface area contributed by atoms with Crippen molar-refractivity contribution in [2.75, 3.05) is 31.1 Å². The van der Waals surface area contributed by atoms with Gasteiger partial charge in [0.2, 0.25) is 0 Å². The fourth-order valence-electron chi connectivity index (χ4n) is 3.63. The van der Waals surface area contributed by atoms with Crippen molar-refractivity contribution in [3.63, 3.8) is 0 Å². The number of aromatic hydroxyl groups is 1. The van der Waals surface area contributed by atoms with E-state index in [0.717, 1.165) is 11.3 Å². The van der Waals surface area contributed by atoms with Crippen molar-refractivity contribution in [2.45, 2.75) is 6.54 Å². The normalized spacial score (nSPS) is 14.0. The van der Waals surface area contributed by atoms with Gasteiger partial charge in [0, 0.05) is 55.2 Å². The Balaban J connectivity index is 1.46. The summed E-state index contributed by atoms with van der Waals surface area (Å²) in [4.78, 5) is 29.2. The Morgan fingerprint density at radius 1 is 0.967 bits per heavy atom. The van der Waals surface area contributed by atoms with Crippen molar-refractivity contribution < 1.29 is 9.90 Å². The maximum Gasteiger partial charge on any atom is 0.255 e. The molecule has 0 spiro atoms. The number of pyridine rings is 1. The van der Waals surface area contributed by atoms with E-state index >= 15 is 0 Å². The highest BCUT2D eigenvalue weighted by molar-refractivity contribution is 6.31. The van der Waals surface area contributed by atoms with Gasteiger partial charge in [-0.15, -0.1) is 0 Å². The number of nitrogens with zero attached hydrogens (tertiary/aromatic N) is 3. The van der Waals surface area contributed by atoms with Gasteiger partial charge in [-0.05, 0) is 29.8 Å². The Morgan fingerprint density at radius 2 is 1.73 bits per heavy atom. The Bertz CT molecular complexity index is 1120. The lowest BCUT2D eigenvalue weighted by molar-refractivity contribution is 0.0745. The van der Waals surface area contributed by atoms with Gasteiger partial charge in [-0.1, -0.05) is 35.9 Å². The van der Waals surface area contributed by atoms with Gasteiger partial charge in [-0.25, -0.2) is 0 Å². The lowest BCUT2D eigenvalue weighted by Crippen LogP contribution is -2.49. The molecule has 6 nitrogen and oxygen atoms in total. The van der Waals surface area contributed by atoms with Crippen molar-refractivity contribution in [3.8, 4) is 5.75 Å². The number of benzene rings is 2. The number of halogens is 1. The number of rotatable bonds is 4. The second-order valence-electron chi connectivity index (χ2n) is 7.27. The quantitative estimate of drug-likeness (QED) is 0.699. The third-order valence-electron chi connectivity index (χ3n) is 5.29. The molecule has 1 N–H and O–H groups in total. The van der Waals surface area contributed by atoms with E-state index in [2.05, 4.69) is 4.90 Å². The van der Waals surface area contributed by atoms with Gasteiger partial charge in [0.1, 0.15) is 5.75 Å². The van der Waals surface area contributed by atoms with Gasteiger partial charge in [-0.3, -0.25) is 9.59 Å². The molecule has 0 saturated carbocycles. The molecular weight excluding hydrogens is 402 g/mol. The lowest BCUT2D eigenvalue weighted by atomic mass is 10.2. The summed E-state index contributed by atoms with van der Waals surface area (Å²) < 4.78 is 1.51. The second kappa shape index (κ2) is 8.63. The summed E-state index contributed by atoms with van der Waals surface area (Å²) in [7, 11) is 0. The molecule has 0 aliphatic carbocycles. The zero-order valence-electron chi connectivity index (χ0n) is 16.4. The van der Waals surface area contributed by atoms with Crippen LogP contribution in [0, 0.1) is 0 Å². The van der Waals surface area contributed by atoms with Crippen LogP contribution in [0.4, 0.5) is 5.69 Å². The molecule has 4 rings (SSSR count). The molecule has 0 bridgehead atoms. The number of carbonyl (C=O) groups is 1. The summed E-state index contributed by atoms with van der Waals surface area (Å²) in [5.41, 5.74) is 2.06. The van der Waals surface area contributed by atoms with E-state index in [1.165, 1.54) is 10.6 Å². The molecule has 1 saturated heterocycles. The number of hydrogen-bond acceptors (Lipinski definition) is 4. The molecule has 2 heterocycles. The first-order chi connectivity index (χ1) is 14.5. The van der Waals surface area contributed by atoms with E-state index in [4.69, 9.17) is 11.6 Å². The fraction of sp³-hybridized carbons (Fsp3) is 0.217. The van der Waals surface area contributed by atoms with Gasteiger partial charge in [-0.2, -0.15) is 0 Å². The average molecular weight is 424 g/mol. The fourth-order valence-corrected chi connectivity index (χ4v) is 3.83. The minimum Gasteiger partial charge on any atom is -0.508 e. The van der Waals surface area contributed by atoms with Crippen LogP contribution in [0.25, 0.3) is 0 Å². The molecule has 1 amide bonds. The maximum absolute atomic E-state index is 13.0. The van der Waals surface area contributed by atoms with Crippen LogP contribution in [0.15, 0.2) is 71.7 Å². The van der Waals surface area contributed by atoms with Gasteiger partial charge in [0.25, 0.3) is 11.5 Å². The van der Waals surface area contributed by atoms with Crippen molar-refractivity contribution in [1.82, 2.24) is 9.47 Å². The van der Waals surface area contributed by atoms with Crippen molar-refractivity contribution in [3.05, 3.63) is 93.4 Å². The Hall–Kier alpha value is -3.25. The largest absolute Gasteiger partial charge is 0.508 e. The topological polar surface area (TPSA) is 65.8 Å². The molecule has 0 atom stereocenters. The molecule has 1 aliphatic heterocycles. The molecule has 1 aromatic heterocycles. The number of amides is 1. The molecule has 154 valence electrons. The van der Waals surface area contributed by atoms with Crippen LogP contribution in [-0.2, 0) is 6.54 Å². The first-order valence-electron chi connectivity index (χ1n) is 9.78. The predicted molar refractivity (Wildman–Crippen MR) is 117 cm³/mol. The van der Waals surface area contributed by atoms with Gasteiger partial charge in [0.15, 0.2) is 0 Å². The highest BCUT2D eigenvalue weighted by Crippen LogP contribution is 2.22. The van der Waals surface area contributed by atoms with Gasteiger partial charge in [0.05, 0.1) is 12.1 Å². The summed E-state index contributed by atoms with van der Waals surface area (Å²) in [5.74, 6) is 0.130. The molecule has 30 heavy (non-hydrogen) atoms. The van der Waals surface area contributed by atoms with Gasteiger partial charge < -0.3 is 19.5 Å². The molecule has 2 aromatic carbocycles. The molecule has 1 fully saturated rings. The Labute approximate surface area is 179 Å². The standard InChI is InChI=1S/C23H22ClN3O3/c24-21-7-2-1-4-17(21)15-27-16-18(8-9-22(27)29)23(30)26-12-10-25(11-13-26)19-5-3-6-20(28)14-19/h1-9,14,16,28H,10-13,15H2. The number of phenolic OH excluding ortho intramolecular Hbond substituents is 1. The molecular formula is C23H22ClN3O3. The van der Waals surface area contributed by atoms with Crippen LogP contribution < -0.4 is 10.5 Å². The van der Waals surface area contributed by atoms with Crippen LogP contribution in [-0.4, -0.2) is 46.7 Å². The third kappa shape index (κ3) is 4.33. The highest BCUT2D eigenvalue weighted by Gasteiger charge is 2.23. The zero-order chi connectivity index (χ0) is 21.1. The van der Waals surface area contributed by atoms with E-state index in [1.54, 1.807) is 35.4 Å². The average Bonchev–Trinajstić information content (AvgIpc) is 2.76. The van der Waals surface area contributed by atoms with Crippen molar-refractivity contribution in [2.24, 2.45) is 0 Å². The smallest absolute Gasteiger partial charge is 0.255 e. The van der Waals surface area contributed by atoms with Crippen LogP contribution in [0.1, 0.15) is 15.9 Å². The number of hydrogen-bond donors (Lipinski definition) is 1. The van der Waals surface area contributed by atoms with E-state index in [0.29, 0.717) is 43.3 Å². The summed E-state index contributed by atoms with van der Waals surface area (Å²) in [6.45, 7) is 2.80. The van der Waals surface area contributed by atoms with E-state index < -0.39 is 0 Å². The first-order valence-corrected chi connectivity index (χ1v) is 10.2. The predicted octanol–water partition coefficient (Wildman–Crippen LogP) is 3.22. The first kappa shape index (κ1) is 20.0. The minimum absolute atomic E-state index is 0.0986. The highest BCUT2D eigenvalue weighted by atomic mass is 35.5. The molecule has 0 radical (unpaired) electrons. The Morgan fingerprint density at radius 3 is 2.47 bits per heavy atom. The maximum atomic E-state index is 13.0. The number of piperazine rings is 1. The molecule has 3 aromatic rings. The summed E-state index contributed by atoms with van der Waals surface area (Å²) in [5, 5.41) is 10.3. The summed E-state index contributed by atoms with van der Waals surface area (Å²) >= 11 is 6.21. The summed E-state index contributed by atoms with van der Waals surface area (Å²) in [6.07, 6.45) is 1.61. The minimum atomic E-state index is -0.180. The van der Waals surface area contributed by atoms with E-state index in [9.17, 15) is 14.7 Å². The molecule has 1 aliphatic rings. The van der Waals surface area contributed by atoms with Crippen LogP contribution >= 0.6 is 11.6 Å². The van der Waals surface area contributed by atoms with E-state index in [1.807, 2.05) is 30.3 Å². The lowest BCUT2D eigenvalue weighted by Gasteiger charge is -2.36. The monoisotopic (exact) mass is 423 g/mol.